The first-order valence-electron chi connectivity index (χ1n) is 10.8. The quantitative estimate of drug-likeness (QED) is 0.504. The lowest BCUT2D eigenvalue weighted by molar-refractivity contribution is -0.132. The van der Waals surface area contributed by atoms with Gasteiger partial charge in [-0.1, -0.05) is 31.5 Å². The Kier molecular flexibility index (Phi) is 8.04. The van der Waals surface area contributed by atoms with Gasteiger partial charge < -0.3 is 20.0 Å². The average molecular weight is 424 g/mol. The first-order valence-corrected chi connectivity index (χ1v) is 10.8. The van der Waals surface area contributed by atoms with Crippen LogP contribution in [0.3, 0.4) is 0 Å². The van der Waals surface area contributed by atoms with E-state index in [0.29, 0.717) is 43.8 Å². The highest BCUT2D eigenvalue weighted by Gasteiger charge is 2.29. The van der Waals surface area contributed by atoms with Crippen molar-refractivity contribution < 1.29 is 18.8 Å². The average Bonchev–Trinajstić information content (AvgIpc) is 3.32. The molecule has 7 nitrogen and oxygen atoms in total. The van der Waals surface area contributed by atoms with Gasteiger partial charge in [-0.2, -0.15) is 0 Å². The number of furan rings is 1. The number of benzene rings is 1. The molecule has 7 heteroatoms. The van der Waals surface area contributed by atoms with E-state index in [1.165, 1.54) is 12.3 Å². The van der Waals surface area contributed by atoms with Crippen LogP contribution in [0.5, 0.6) is 0 Å². The van der Waals surface area contributed by atoms with Crippen molar-refractivity contribution in [1.29, 1.82) is 0 Å². The Hall–Kier alpha value is -3.35. The smallest absolute Gasteiger partial charge is 0.270 e. The molecule has 1 fully saturated rings. The van der Waals surface area contributed by atoms with Crippen LogP contribution in [0.1, 0.15) is 48.7 Å². The molecule has 0 saturated carbocycles. The number of hydrogen-bond donors (Lipinski definition) is 2. The number of nitrogens with zero attached hydrogens (tertiary/aromatic N) is 1. The van der Waals surface area contributed by atoms with E-state index in [-0.39, 0.29) is 29.3 Å². The van der Waals surface area contributed by atoms with Gasteiger partial charge in [-0.25, -0.2) is 0 Å². The molecule has 1 aromatic carbocycles. The molecule has 0 atom stereocenters. The first kappa shape index (κ1) is 22.3. The van der Waals surface area contributed by atoms with Gasteiger partial charge in [0, 0.05) is 37.2 Å². The summed E-state index contributed by atoms with van der Waals surface area (Å²) in [5, 5.41) is 5.70. The SMILES string of the molecule is CCCCNC(=O)C1CCN(C(=O)C(=Cc2ccco2)NC(=O)c2ccccc2)CC1. The number of carbonyl (C=O) groups is 3. The number of piperidine rings is 1. The number of nitrogens with one attached hydrogen (secondary N) is 2. The van der Waals surface area contributed by atoms with Gasteiger partial charge in [0.1, 0.15) is 11.5 Å². The van der Waals surface area contributed by atoms with Crippen molar-refractivity contribution in [3.8, 4) is 0 Å². The largest absolute Gasteiger partial charge is 0.465 e. The fourth-order valence-corrected chi connectivity index (χ4v) is 3.50. The predicted octanol–water partition coefficient (Wildman–Crippen LogP) is 3.21. The molecule has 0 spiro atoms. The molecule has 2 heterocycles. The van der Waals surface area contributed by atoms with Crippen molar-refractivity contribution in [2.24, 2.45) is 5.92 Å². The van der Waals surface area contributed by atoms with Crippen molar-refractivity contribution >= 4 is 23.8 Å². The minimum atomic E-state index is -0.364. The molecule has 164 valence electrons. The zero-order chi connectivity index (χ0) is 22.1. The minimum Gasteiger partial charge on any atom is -0.465 e. The summed E-state index contributed by atoms with van der Waals surface area (Å²) in [4.78, 5) is 39.8. The number of amides is 3. The third-order valence-electron chi connectivity index (χ3n) is 5.33. The summed E-state index contributed by atoms with van der Waals surface area (Å²) in [6.07, 6.45) is 6.24. The van der Waals surface area contributed by atoms with Crippen LogP contribution in [0.25, 0.3) is 6.08 Å². The number of rotatable bonds is 8. The van der Waals surface area contributed by atoms with Crippen LogP contribution in [0.4, 0.5) is 0 Å². The number of carbonyl (C=O) groups excluding carboxylic acids is 3. The molecular weight excluding hydrogens is 394 g/mol. The zero-order valence-electron chi connectivity index (χ0n) is 17.8. The lowest BCUT2D eigenvalue weighted by Gasteiger charge is -2.32. The van der Waals surface area contributed by atoms with E-state index in [2.05, 4.69) is 17.6 Å². The molecular formula is C24H29N3O4. The monoisotopic (exact) mass is 423 g/mol. The molecule has 0 radical (unpaired) electrons. The molecule has 3 amide bonds. The Labute approximate surface area is 182 Å². The molecule has 0 aliphatic carbocycles. The van der Waals surface area contributed by atoms with E-state index < -0.39 is 0 Å². The zero-order valence-corrected chi connectivity index (χ0v) is 17.8. The fourth-order valence-electron chi connectivity index (χ4n) is 3.50. The van der Waals surface area contributed by atoms with Crippen LogP contribution in [0.2, 0.25) is 0 Å². The van der Waals surface area contributed by atoms with Crippen molar-refractivity contribution in [2.45, 2.75) is 32.6 Å². The van der Waals surface area contributed by atoms with Crippen molar-refractivity contribution in [3.05, 3.63) is 65.7 Å². The Morgan fingerprint density at radius 1 is 1.10 bits per heavy atom. The summed E-state index contributed by atoms with van der Waals surface area (Å²) in [5.74, 6) is -0.203. The maximum Gasteiger partial charge on any atom is 0.270 e. The van der Waals surface area contributed by atoms with E-state index in [9.17, 15) is 14.4 Å². The van der Waals surface area contributed by atoms with Crippen LogP contribution in [0.15, 0.2) is 58.8 Å². The van der Waals surface area contributed by atoms with Crippen LogP contribution >= 0.6 is 0 Å². The van der Waals surface area contributed by atoms with Gasteiger partial charge in [-0.3, -0.25) is 14.4 Å². The highest BCUT2D eigenvalue weighted by Crippen LogP contribution is 2.20. The number of likely N-dealkylation sites (tertiary alicyclic amines) is 1. The lowest BCUT2D eigenvalue weighted by Crippen LogP contribution is -2.45. The molecule has 1 aliphatic heterocycles. The van der Waals surface area contributed by atoms with Gasteiger partial charge in [-0.15, -0.1) is 0 Å². The Morgan fingerprint density at radius 2 is 1.84 bits per heavy atom. The third kappa shape index (κ3) is 6.31. The summed E-state index contributed by atoms with van der Waals surface area (Å²) in [6, 6.07) is 12.2. The van der Waals surface area contributed by atoms with Crippen molar-refractivity contribution in [2.75, 3.05) is 19.6 Å². The van der Waals surface area contributed by atoms with Crippen molar-refractivity contribution in [3.63, 3.8) is 0 Å². The van der Waals surface area contributed by atoms with Gasteiger partial charge in [0.15, 0.2) is 0 Å². The highest BCUT2D eigenvalue weighted by molar-refractivity contribution is 6.05. The number of hydrogen-bond acceptors (Lipinski definition) is 4. The Balaban J connectivity index is 1.65. The first-order chi connectivity index (χ1) is 15.1. The van der Waals surface area contributed by atoms with Crippen molar-refractivity contribution in [1.82, 2.24) is 15.5 Å². The third-order valence-corrected chi connectivity index (χ3v) is 5.33. The lowest BCUT2D eigenvalue weighted by atomic mass is 9.95. The minimum absolute atomic E-state index is 0.0595. The molecule has 0 unspecified atom stereocenters. The summed E-state index contributed by atoms with van der Waals surface area (Å²) >= 11 is 0. The molecule has 2 N–H and O–H groups in total. The molecule has 3 rings (SSSR count). The van der Waals surface area contributed by atoms with Gasteiger partial charge >= 0.3 is 0 Å². The topological polar surface area (TPSA) is 91.7 Å². The van der Waals surface area contributed by atoms with Gasteiger partial charge in [0.2, 0.25) is 5.91 Å². The van der Waals surface area contributed by atoms with E-state index in [0.717, 1.165) is 12.8 Å². The predicted molar refractivity (Wildman–Crippen MR) is 118 cm³/mol. The highest BCUT2D eigenvalue weighted by atomic mass is 16.3. The van der Waals surface area contributed by atoms with E-state index in [1.54, 1.807) is 41.3 Å². The summed E-state index contributed by atoms with van der Waals surface area (Å²) in [7, 11) is 0. The molecule has 1 aliphatic rings. The van der Waals surface area contributed by atoms with E-state index in [4.69, 9.17) is 4.42 Å². The molecule has 2 aromatic rings. The van der Waals surface area contributed by atoms with E-state index in [1.807, 2.05) is 6.07 Å². The normalized spacial score (nSPS) is 14.9. The number of unbranched alkanes of at least 4 members (excludes halogenated alkanes) is 1. The second kappa shape index (κ2) is 11.2. The standard InChI is InChI=1S/C24H29N3O4/c1-2-3-13-25-22(28)19-11-14-27(15-12-19)24(30)21(17-20-10-7-16-31-20)26-23(29)18-8-5-4-6-9-18/h4-10,16-17,19H,2-3,11-15H2,1H3,(H,25,28)(H,26,29). The Bertz CT molecular complexity index is 898. The Morgan fingerprint density at radius 3 is 2.48 bits per heavy atom. The molecule has 1 aromatic heterocycles. The fraction of sp³-hybridized carbons (Fsp3) is 0.375. The van der Waals surface area contributed by atoms with Gasteiger partial charge in [0.25, 0.3) is 11.8 Å². The van der Waals surface area contributed by atoms with Crippen LogP contribution in [-0.2, 0) is 9.59 Å². The maximum absolute atomic E-state index is 13.2. The second-order valence-corrected chi connectivity index (χ2v) is 7.60. The van der Waals surface area contributed by atoms with Crippen LogP contribution < -0.4 is 10.6 Å². The second-order valence-electron chi connectivity index (χ2n) is 7.60. The van der Waals surface area contributed by atoms with Crippen LogP contribution in [-0.4, -0.2) is 42.3 Å². The van der Waals surface area contributed by atoms with Gasteiger partial charge in [0.05, 0.1) is 6.26 Å². The van der Waals surface area contributed by atoms with Gasteiger partial charge in [-0.05, 0) is 43.5 Å². The maximum atomic E-state index is 13.2. The van der Waals surface area contributed by atoms with Crippen LogP contribution in [0, 0.1) is 5.92 Å². The molecule has 1 saturated heterocycles. The van der Waals surface area contributed by atoms with E-state index >= 15 is 0 Å². The summed E-state index contributed by atoms with van der Waals surface area (Å²) < 4.78 is 5.33. The molecule has 31 heavy (non-hydrogen) atoms. The summed E-state index contributed by atoms with van der Waals surface area (Å²) in [6.45, 7) is 3.69. The molecule has 0 bridgehead atoms. The summed E-state index contributed by atoms with van der Waals surface area (Å²) in [5.41, 5.74) is 0.609.